The predicted molar refractivity (Wildman–Crippen MR) is 129 cm³/mol. The van der Waals surface area contributed by atoms with Crippen molar-refractivity contribution in [3.63, 3.8) is 0 Å². The van der Waals surface area contributed by atoms with Crippen molar-refractivity contribution in [3.8, 4) is 17.2 Å². The molecule has 0 saturated carbocycles. The summed E-state index contributed by atoms with van der Waals surface area (Å²) < 4.78 is 16.4. The van der Waals surface area contributed by atoms with Gasteiger partial charge in [0.15, 0.2) is 17.2 Å². The fourth-order valence-corrected chi connectivity index (χ4v) is 4.43. The van der Waals surface area contributed by atoms with Gasteiger partial charge in [-0.15, -0.1) is 0 Å². The van der Waals surface area contributed by atoms with Crippen LogP contribution in [0.25, 0.3) is 6.08 Å². The van der Waals surface area contributed by atoms with Crippen LogP contribution in [-0.2, 0) is 17.8 Å². The summed E-state index contributed by atoms with van der Waals surface area (Å²) in [7, 11) is 0. The zero-order valence-corrected chi connectivity index (χ0v) is 19.9. The molecule has 3 aromatic carbocycles. The molecular weight excluding hydrogens is 510 g/mol. The number of benzene rings is 3. The molecule has 0 aliphatic carbocycles. The number of ether oxygens (including phenoxy) is 3. The lowest BCUT2D eigenvalue weighted by molar-refractivity contribution is -0.132. The van der Waals surface area contributed by atoms with Gasteiger partial charge in [-0.05, 0) is 53.6 Å². The van der Waals surface area contributed by atoms with E-state index in [0.717, 1.165) is 0 Å². The van der Waals surface area contributed by atoms with Gasteiger partial charge in [-0.25, -0.2) is 4.79 Å². The molecule has 0 radical (unpaired) electrons. The molecule has 0 aromatic heterocycles. The van der Waals surface area contributed by atoms with Gasteiger partial charge in [0.1, 0.15) is 6.61 Å². The van der Waals surface area contributed by atoms with E-state index in [2.05, 4.69) is 0 Å². The van der Waals surface area contributed by atoms with Crippen molar-refractivity contribution in [3.05, 3.63) is 90.9 Å². The van der Waals surface area contributed by atoms with Crippen molar-refractivity contribution in [1.29, 1.82) is 0 Å². The molecule has 3 aromatic rings. The van der Waals surface area contributed by atoms with Gasteiger partial charge in [-0.1, -0.05) is 58.5 Å². The Morgan fingerprint density at radius 1 is 0.939 bits per heavy atom. The highest BCUT2D eigenvalue weighted by atomic mass is 35.5. The van der Waals surface area contributed by atoms with Crippen molar-refractivity contribution in [1.82, 2.24) is 0 Å². The Bertz CT molecular complexity index is 1210. The Kier molecular flexibility index (Phi) is 7.25. The SMILES string of the molecule is O=C(O)C(=Cc1ccc2c(c1)OCO2)Cc1cc(Cl)c(OCc2c(Cl)cccc2Cl)c(Cl)c1. The number of carbonyl (C=O) groups is 1. The number of hydrogen-bond donors (Lipinski definition) is 1. The third-order valence-corrected chi connectivity index (χ3v) is 6.16. The molecule has 1 aliphatic rings. The number of halogens is 4. The molecule has 0 spiro atoms. The molecule has 5 nitrogen and oxygen atoms in total. The van der Waals surface area contributed by atoms with E-state index in [4.69, 9.17) is 60.6 Å². The highest BCUT2D eigenvalue weighted by Crippen LogP contribution is 2.37. The minimum Gasteiger partial charge on any atom is -0.486 e. The first-order valence-electron chi connectivity index (χ1n) is 9.69. The van der Waals surface area contributed by atoms with Crippen LogP contribution < -0.4 is 14.2 Å². The molecule has 1 aliphatic heterocycles. The zero-order chi connectivity index (χ0) is 23.5. The highest BCUT2D eigenvalue weighted by Gasteiger charge is 2.17. The smallest absolute Gasteiger partial charge is 0.331 e. The zero-order valence-electron chi connectivity index (χ0n) is 16.9. The molecule has 0 unspecified atom stereocenters. The van der Waals surface area contributed by atoms with Gasteiger partial charge < -0.3 is 19.3 Å². The Labute approximate surface area is 210 Å². The Hall–Kier alpha value is -2.57. The first kappa shape index (κ1) is 23.6. The van der Waals surface area contributed by atoms with Crippen LogP contribution in [-0.4, -0.2) is 17.9 Å². The van der Waals surface area contributed by atoms with E-state index in [0.29, 0.717) is 38.2 Å². The van der Waals surface area contributed by atoms with E-state index in [9.17, 15) is 9.90 Å². The number of rotatable bonds is 7. The molecule has 0 bridgehead atoms. The Morgan fingerprint density at radius 2 is 1.61 bits per heavy atom. The highest BCUT2D eigenvalue weighted by molar-refractivity contribution is 6.37. The summed E-state index contributed by atoms with van der Waals surface area (Å²) in [4.78, 5) is 11.9. The van der Waals surface area contributed by atoms with Crippen LogP contribution in [0.2, 0.25) is 20.1 Å². The molecule has 33 heavy (non-hydrogen) atoms. The Morgan fingerprint density at radius 3 is 2.27 bits per heavy atom. The van der Waals surface area contributed by atoms with Gasteiger partial charge in [0.05, 0.1) is 10.0 Å². The quantitative estimate of drug-likeness (QED) is 0.327. The number of carboxylic acids is 1. The molecule has 4 rings (SSSR count). The standard InChI is InChI=1S/C24H16Cl4O5/c25-17-2-1-3-18(26)16(17)11-31-23-19(27)8-14(9-20(23)28)7-15(24(29)30)6-13-4-5-21-22(10-13)33-12-32-21/h1-6,8-10H,7,11-12H2,(H,29,30). The summed E-state index contributed by atoms with van der Waals surface area (Å²) in [6.45, 7) is 0.212. The molecule has 1 heterocycles. The second-order valence-electron chi connectivity index (χ2n) is 7.14. The van der Waals surface area contributed by atoms with E-state index in [1.54, 1.807) is 54.6 Å². The second kappa shape index (κ2) is 10.1. The van der Waals surface area contributed by atoms with Crippen molar-refractivity contribution in [2.75, 3.05) is 6.79 Å². The van der Waals surface area contributed by atoms with Gasteiger partial charge in [-0.2, -0.15) is 0 Å². The molecule has 0 saturated heterocycles. The summed E-state index contributed by atoms with van der Waals surface area (Å²) in [5, 5.41) is 11.1. The third kappa shape index (κ3) is 5.50. The van der Waals surface area contributed by atoms with E-state index in [-0.39, 0.29) is 41.2 Å². The lowest BCUT2D eigenvalue weighted by Gasteiger charge is -2.14. The lowest BCUT2D eigenvalue weighted by atomic mass is 10.0. The summed E-state index contributed by atoms with van der Waals surface area (Å²) in [6, 6.07) is 13.6. The van der Waals surface area contributed by atoms with Crippen molar-refractivity contribution in [2.45, 2.75) is 13.0 Å². The van der Waals surface area contributed by atoms with Crippen molar-refractivity contribution >= 4 is 58.4 Å². The van der Waals surface area contributed by atoms with E-state index in [1.807, 2.05) is 0 Å². The maximum absolute atomic E-state index is 11.9. The number of hydrogen-bond acceptors (Lipinski definition) is 4. The van der Waals surface area contributed by atoms with Gasteiger partial charge in [0.25, 0.3) is 0 Å². The van der Waals surface area contributed by atoms with Gasteiger partial charge in [0.2, 0.25) is 6.79 Å². The topological polar surface area (TPSA) is 65.0 Å². The summed E-state index contributed by atoms with van der Waals surface area (Å²) in [6.07, 6.45) is 1.66. The molecule has 0 fully saturated rings. The number of fused-ring (bicyclic) bond motifs is 1. The fourth-order valence-electron chi connectivity index (χ4n) is 3.28. The molecule has 1 N–H and O–H groups in total. The fraction of sp³-hybridized carbons (Fsp3) is 0.125. The van der Waals surface area contributed by atoms with Crippen molar-refractivity contribution in [2.24, 2.45) is 0 Å². The first-order chi connectivity index (χ1) is 15.8. The van der Waals surface area contributed by atoms with E-state index < -0.39 is 5.97 Å². The summed E-state index contributed by atoms with van der Waals surface area (Å²) >= 11 is 25.1. The van der Waals surface area contributed by atoms with Crippen LogP contribution in [0.5, 0.6) is 17.2 Å². The average Bonchev–Trinajstić information content (AvgIpc) is 3.22. The van der Waals surface area contributed by atoms with Crippen LogP contribution in [0, 0.1) is 0 Å². The van der Waals surface area contributed by atoms with E-state index >= 15 is 0 Å². The lowest BCUT2D eigenvalue weighted by Crippen LogP contribution is -2.05. The largest absolute Gasteiger partial charge is 0.486 e. The van der Waals surface area contributed by atoms with Crippen LogP contribution >= 0.6 is 46.4 Å². The second-order valence-corrected chi connectivity index (χ2v) is 8.77. The minimum absolute atomic E-state index is 0.0711. The summed E-state index contributed by atoms with van der Waals surface area (Å²) in [5.74, 6) is 0.388. The molecule has 0 atom stereocenters. The first-order valence-corrected chi connectivity index (χ1v) is 11.2. The number of carboxylic acid groups (broad SMARTS) is 1. The number of aliphatic carboxylic acids is 1. The third-order valence-electron chi connectivity index (χ3n) is 4.89. The molecular formula is C24H16Cl4O5. The van der Waals surface area contributed by atoms with E-state index in [1.165, 1.54) is 0 Å². The maximum Gasteiger partial charge on any atom is 0.331 e. The normalized spacial score (nSPS) is 12.7. The van der Waals surface area contributed by atoms with Crippen LogP contribution in [0.4, 0.5) is 0 Å². The average molecular weight is 526 g/mol. The van der Waals surface area contributed by atoms with Crippen LogP contribution in [0.15, 0.2) is 54.1 Å². The molecule has 170 valence electrons. The Balaban J connectivity index is 1.54. The van der Waals surface area contributed by atoms with Crippen LogP contribution in [0.3, 0.4) is 0 Å². The summed E-state index contributed by atoms with van der Waals surface area (Å²) in [5.41, 5.74) is 2.04. The predicted octanol–water partition coefficient (Wildman–Crippen LogP) is 7.32. The van der Waals surface area contributed by atoms with Crippen molar-refractivity contribution < 1.29 is 24.1 Å². The van der Waals surface area contributed by atoms with Crippen LogP contribution in [0.1, 0.15) is 16.7 Å². The van der Waals surface area contributed by atoms with Gasteiger partial charge in [0, 0.05) is 27.6 Å². The molecule has 0 amide bonds. The monoisotopic (exact) mass is 524 g/mol. The van der Waals surface area contributed by atoms with Gasteiger partial charge in [-0.3, -0.25) is 0 Å². The molecule has 9 heteroatoms. The minimum atomic E-state index is -1.06. The maximum atomic E-state index is 11.9. The van der Waals surface area contributed by atoms with Gasteiger partial charge >= 0.3 is 5.97 Å².